The topological polar surface area (TPSA) is 111 Å². The van der Waals surface area contributed by atoms with Gasteiger partial charge >= 0.3 is 0 Å². The number of methoxy groups -OCH3 is 1. The van der Waals surface area contributed by atoms with Crippen LogP contribution in [-0.4, -0.2) is 43.5 Å². The van der Waals surface area contributed by atoms with Crippen molar-refractivity contribution in [1.29, 1.82) is 0 Å². The molecule has 0 fully saturated rings. The molecule has 0 aromatic heterocycles. The molecular formula is C17H33N3O4. The maximum Gasteiger partial charge on any atom is 0.243 e. The van der Waals surface area contributed by atoms with Crippen LogP contribution in [0.25, 0.3) is 0 Å². The van der Waals surface area contributed by atoms with Crippen LogP contribution in [0, 0.1) is 5.92 Å². The minimum atomic E-state index is -0.968. The van der Waals surface area contributed by atoms with Gasteiger partial charge in [-0.15, -0.1) is 0 Å². The van der Waals surface area contributed by atoms with Gasteiger partial charge in [0.15, 0.2) is 0 Å². The fraction of sp³-hybridized carbons (Fsp3) is 0.824. The van der Waals surface area contributed by atoms with E-state index in [2.05, 4.69) is 17.6 Å². The lowest BCUT2D eigenvalue weighted by Crippen LogP contribution is -2.55. The standard InChI is InChI=1S/C17H33N3O4/c1-5-6-7-8-9-10-14(21)20-15(13(3)16(18)22)17(23)19-12(2)11-24-4/h12-13,15H,5-11H2,1-4H3,(H2,18,22)(H,19,23)(H,20,21)/t12-,13?,15+/m0/s1. The zero-order valence-corrected chi connectivity index (χ0v) is 15.4. The van der Waals surface area contributed by atoms with Gasteiger partial charge < -0.3 is 21.1 Å². The predicted octanol–water partition coefficient (Wildman–Crippen LogP) is 1.10. The third kappa shape index (κ3) is 9.50. The Hall–Kier alpha value is -1.63. The summed E-state index contributed by atoms with van der Waals surface area (Å²) in [6.07, 6.45) is 5.49. The zero-order valence-electron chi connectivity index (χ0n) is 15.4. The highest BCUT2D eigenvalue weighted by Crippen LogP contribution is 2.07. The van der Waals surface area contributed by atoms with Crippen molar-refractivity contribution in [3.8, 4) is 0 Å². The first-order valence-corrected chi connectivity index (χ1v) is 8.71. The smallest absolute Gasteiger partial charge is 0.243 e. The highest BCUT2D eigenvalue weighted by atomic mass is 16.5. The van der Waals surface area contributed by atoms with E-state index in [4.69, 9.17) is 10.5 Å². The molecule has 0 spiro atoms. The fourth-order valence-electron chi connectivity index (χ4n) is 2.34. The van der Waals surface area contributed by atoms with Crippen LogP contribution < -0.4 is 16.4 Å². The molecule has 0 bridgehead atoms. The van der Waals surface area contributed by atoms with Crippen LogP contribution in [0.4, 0.5) is 0 Å². The molecular weight excluding hydrogens is 310 g/mol. The molecule has 1 unspecified atom stereocenters. The summed E-state index contributed by atoms with van der Waals surface area (Å²) in [4.78, 5) is 35.8. The second-order valence-corrected chi connectivity index (χ2v) is 6.27. The van der Waals surface area contributed by atoms with Crippen LogP contribution in [0.2, 0.25) is 0 Å². The van der Waals surface area contributed by atoms with Gasteiger partial charge in [0.2, 0.25) is 17.7 Å². The lowest BCUT2D eigenvalue weighted by atomic mass is 9.99. The molecule has 0 heterocycles. The summed E-state index contributed by atoms with van der Waals surface area (Å²) in [5.41, 5.74) is 5.30. The monoisotopic (exact) mass is 343 g/mol. The summed E-state index contributed by atoms with van der Waals surface area (Å²) in [5, 5.41) is 5.36. The van der Waals surface area contributed by atoms with E-state index < -0.39 is 23.8 Å². The Morgan fingerprint density at radius 3 is 2.21 bits per heavy atom. The van der Waals surface area contributed by atoms with E-state index in [9.17, 15) is 14.4 Å². The van der Waals surface area contributed by atoms with Crippen molar-refractivity contribution in [2.45, 2.75) is 71.4 Å². The van der Waals surface area contributed by atoms with Crippen LogP contribution in [0.15, 0.2) is 0 Å². The molecule has 7 heteroatoms. The number of primary amides is 1. The second kappa shape index (κ2) is 12.8. The average Bonchev–Trinajstić information content (AvgIpc) is 2.51. The van der Waals surface area contributed by atoms with Gasteiger partial charge in [-0.3, -0.25) is 14.4 Å². The van der Waals surface area contributed by atoms with Gasteiger partial charge in [-0.2, -0.15) is 0 Å². The molecule has 3 amide bonds. The Labute approximate surface area is 145 Å². The SMILES string of the molecule is CCCCCCCC(=O)N[C@@H](C(=O)N[C@@H](C)COC)C(C)C(N)=O. The van der Waals surface area contributed by atoms with Gasteiger partial charge in [0.1, 0.15) is 6.04 Å². The molecule has 0 saturated carbocycles. The average molecular weight is 343 g/mol. The molecule has 3 atom stereocenters. The highest BCUT2D eigenvalue weighted by molar-refractivity contribution is 5.92. The fourth-order valence-corrected chi connectivity index (χ4v) is 2.34. The minimum absolute atomic E-state index is 0.226. The van der Waals surface area contributed by atoms with E-state index in [-0.39, 0.29) is 11.9 Å². The second-order valence-electron chi connectivity index (χ2n) is 6.27. The van der Waals surface area contributed by atoms with E-state index in [1.165, 1.54) is 14.0 Å². The molecule has 140 valence electrons. The van der Waals surface area contributed by atoms with E-state index >= 15 is 0 Å². The molecule has 4 N–H and O–H groups in total. The summed E-state index contributed by atoms with van der Waals surface area (Å²) in [6, 6.07) is -1.19. The molecule has 0 aliphatic rings. The minimum Gasteiger partial charge on any atom is -0.383 e. The number of nitrogens with two attached hydrogens (primary N) is 1. The summed E-state index contributed by atoms with van der Waals surface area (Å²) in [7, 11) is 1.53. The molecule has 0 radical (unpaired) electrons. The zero-order chi connectivity index (χ0) is 18.5. The lowest BCUT2D eigenvalue weighted by molar-refractivity contribution is -0.134. The Bertz CT molecular complexity index is 401. The number of amides is 3. The van der Waals surface area contributed by atoms with Crippen LogP contribution in [0.1, 0.15) is 59.3 Å². The van der Waals surface area contributed by atoms with Crippen LogP contribution in [-0.2, 0) is 19.1 Å². The quantitative estimate of drug-likeness (QED) is 0.435. The van der Waals surface area contributed by atoms with Gasteiger partial charge in [0, 0.05) is 19.6 Å². The van der Waals surface area contributed by atoms with Crippen molar-refractivity contribution in [2.75, 3.05) is 13.7 Å². The van der Waals surface area contributed by atoms with Crippen molar-refractivity contribution >= 4 is 17.7 Å². The largest absolute Gasteiger partial charge is 0.383 e. The van der Waals surface area contributed by atoms with Crippen LogP contribution in [0.3, 0.4) is 0 Å². The van der Waals surface area contributed by atoms with E-state index in [0.717, 1.165) is 32.1 Å². The van der Waals surface area contributed by atoms with E-state index in [1.54, 1.807) is 6.92 Å². The van der Waals surface area contributed by atoms with E-state index in [1.807, 2.05) is 0 Å². The number of hydrogen-bond donors (Lipinski definition) is 3. The normalized spacial score (nSPS) is 14.5. The highest BCUT2D eigenvalue weighted by Gasteiger charge is 2.30. The number of carbonyl (C=O) groups is 3. The van der Waals surface area contributed by atoms with Crippen molar-refractivity contribution in [2.24, 2.45) is 11.7 Å². The number of carbonyl (C=O) groups excluding carboxylic acids is 3. The van der Waals surface area contributed by atoms with Gasteiger partial charge in [-0.1, -0.05) is 39.5 Å². The third-order valence-electron chi connectivity index (χ3n) is 3.86. The summed E-state index contributed by atoms with van der Waals surface area (Å²) in [5.74, 6) is -2.08. The molecule has 24 heavy (non-hydrogen) atoms. The first kappa shape index (κ1) is 22.4. The molecule has 0 aliphatic carbocycles. The Balaban J connectivity index is 4.58. The van der Waals surface area contributed by atoms with E-state index in [0.29, 0.717) is 13.0 Å². The number of rotatable bonds is 13. The lowest BCUT2D eigenvalue weighted by Gasteiger charge is -2.24. The van der Waals surface area contributed by atoms with Gasteiger partial charge in [0.25, 0.3) is 0 Å². The van der Waals surface area contributed by atoms with Crippen LogP contribution >= 0.6 is 0 Å². The molecule has 0 aromatic rings. The first-order valence-electron chi connectivity index (χ1n) is 8.71. The summed E-state index contributed by atoms with van der Waals surface area (Å²) >= 11 is 0. The molecule has 0 rings (SSSR count). The van der Waals surface area contributed by atoms with Crippen molar-refractivity contribution < 1.29 is 19.1 Å². The maximum atomic E-state index is 12.3. The molecule has 0 aliphatic heterocycles. The number of hydrogen-bond acceptors (Lipinski definition) is 4. The van der Waals surface area contributed by atoms with Crippen molar-refractivity contribution in [1.82, 2.24) is 10.6 Å². The van der Waals surface area contributed by atoms with Crippen LogP contribution in [0.5, 0.6) is 0 Å². The van der Waals surface area contributed by atoms with Gasteiger partial charge in [-0.25, -0.2) is 0 Å². The van der Waals surface area contributed by atoms with Gasteiger partial charge in [-0.05, 0) is 13.3 Å². The number of ether oxygens (including phenoxy) is 1. The molecule has 7 nitrogen and oxygen atoms in total. The summed E-state index contributed by atoms with van der Waals surface area (Å²) in [6.45, 7) is 5.79. The van der Waals surface area contributed by atoms with Gasteiger partial charge in [0.05, 0.1) is 12.5 Å². The number of nitrogens with one attached hydrogen (secondary N) is 2. The first-order chi connectivity index (χ1) is 11.3. The van der Waals surface area contributed by atoms with Crippen molar-refractivity contribution in [3.63, 3.8) is 0 Å². The van der Waals surface area contributed by atoms with Crippen molar-refractivity contribution in [3.05, 3.63) is 0 Å². The molecule has 0 saturated heterocycles. The molecule has 0 aromatic carbocycles. The Kier molecular flexibility index (Phi) is 11.9. The number of unbranched alkanes of at least 4 members (excludes halogenated alkanes) is 4. The summed E-state index contributed by atoms with van der Waals surface area (Å²) < 4.78 is 4.96. The predicted molar refractivity (Wildman–Crippen MR) is 93.1 cm³/mol. The third-order valence-corrected chi connectivity index (χ3v) is 3.86. The maximum absolute atomic E-state index is 12.3. The Morgan fingerprint density at radius 1 is 1.04 bits per heavy atom. The Morgan fingerprint density at radius 2 is 1.67 bits per heavy atom.